The Balaban J connectivity index is 2.24. The zero-order valence-corrected chi connectivity index (χ0v) is 9.14. The lowest BCUT2D eigenvalue weighted by Crippen LogP contribution is -2.15. The molecule has 2 rings (SSSR count). The molecule has 1 heteroatoms. The Labute approximate surface area is 86.5 Å². The van der Waals surface area contributed by atoms with E-state index in [1.807, 2.05) is 7.05 Å². The van der Waals surface area contributed by atoms with Gasteiger partial charge in [-0.15, -0.1) is 0 Å². The van der Waals surface area contributed by atoms with E-state index in [0.717, 1.165) is 18.9 Å². The quantitative estimate of drug-likeness (QED) is 0.770. The fraction of sp³-hybridized carbons (Fsp3) is 0.538. The molecular formula is C13H19N. The van der Waals surface area contributed by atoms with E-state index < -0.39 is 0 Å². The molecule has 0 aliphatic heterocycles. The number of benzene rings is 1. The van der Waals surface area contributed by atoms with E-state index in [4.69, 9.17) is 0 Å². The summed E-state index contributed by atoms with van der Waals surface area (Å²) in [7, 11) is 2.04. The van der Waals surface area contributed by atoms with E-state index in [9.17, 15) is 0 Å². The van der Waals surface area contributed by atoms with Crippen LogP contribution in [0, 0.1) is 0 Å². The van der Waals surface area contributed by atoms with Crippen molar-refractivity contribution in [1.29, 1.82) is 0 Å². The van der Waals surface area contributed by atoms with Gasteiger partial charge in [-0.1, -0.05) is 25.1 Å². The highest BCUT2D eigenvalue weighted by molar-refractivity contribution is 5.38. The van der Waals surface area contributed by atoms with Crippen LogP contribution < -0.4 is 5.32 Å². The number of rotatable bonds is 3. The second-order valence-electron chi connectivity index (χ2n) is 4.18. The van der Waals surface area contributed by atoms with Gasteiger partial charge in [-0.3, -0.25) is 0 Å². The van der Waals surface area contributed by atoms with E-state index in [1.54, 1.807) is 11.1 Å². The molecule has 1 aromatic carbocycles. The molecule has 1 nitrogen and oxygen atoms in total. The summed E-state index contributed by atoms with van der Waals surface area (Å²) >= 11 is 0. The van der Waals surface area contributed by atoms with Crippen LogP contribution in [0.1, 0.15) is 36.0 Å². The molecule has 1 unspecified atom stereocenters. The van der Waals surface area contributed by atoms with Gasteiger partial charge in [0.1, 0.15) is 0 Å². The molecule has 1 aromatic rings. The van der Waals surface area contributed by atoms with Crippen LogP contribution in [0.25, 0.3) is 0 Å². The van der Waals surface area contributed by atoms with Crippen molar-refractivity contribution in [2.45, 2.75) is 32.1 Å². The van der Waals surface area contributed by atoms with Gasteiger partial charge in [0.25, 0.3) is 0 Å². The van der Waals surface area contributed by atoms with Crippen LogP contribution in [0.4, 0.5) is 0 Å². The van der Waals surface area contributed by atoms with Crippen molar-refractivity contribution in [3.05, 3.63) is 34.9 Å². The summed E-state index contributed by atoms with van der Waals surface area (Å²) in [6.45, 7) is 3.35. The maximum Gasteiger partial charge on any atom is 0.00173 e. The Kier molecular flexibility index (Phi) is 2.87. The van der Waals surface area contributed by atoms with Crippen molar-refractivity contribution in [1.82, 2.24) is 5.32 Å². The lowest BCUT2D eigenvalue weighted by atomic mass is 9.99. The normalized spacial score (nSPS) is 19.7. The monoisotopic (exact) mass is 189 g/mol. The van der Waals surface area contributed by atoms with E-state index in [-0.39, 0.29) is 0 Å². The largest absolute Gasteiger partial charge is 0.319 e. The average molecular weight is 189 g/mol. The number of likely N-dealkylation sites (N-methyl/N-ethyl adjacent to an activating group) is 1. The van der Waals surface area contributed by atoms with E-state index in [2.05, 4.69) is 30.4 Å². The van der Waals surface area contributed by atoms with Gasteiger partial charge in [-0.05, 0) is 48.9 Å². The Hall–Kier alpha value is -0.820. The van der Waals surface area contributed by atoms with Crippen molar-refractivity contribution >= 4 is 0 Å². The van der Waals surface area contributed by atoms with E-state index in [0.29, 0.717) is 0 Å². The van der Waals surface area contributed by atoms with Crippen LogP contribution in [0.15, 0.2) is 18.2 Å². The summed E-state index contributed by atoms with van der Waals surface area (Å²) in [5, 5.41) is 3.28. The highest BCUT2D eigenvalue weighted by Gasteiger charge is 2.21. The second kappa shape index (κ2) is 4.14. The first kappa shape index (κ1) is 9.72. The molecule has 0 radical (unpaired) electrons. The minimum absolute atomic E-state index is 0.751. The van der Waals surface area contributed by atoms with Gasteiger partial charge < -0.3 is 5.32 Å². The molecular weight excluding hydrogens is 170 g/mol. The van der Waals surface area contributed by atoms with Gasteiger partial charge in [-0.2, -0.15) is 0 Å². The van der Waals surface area contributed by atoms with Crippen molar-refractivity contribution < 1.29 is 0 Å². The third kappa shape index (κ3) is 1.69. The zero-order valence-electron chi connectivity index (χ0n) is 9.14. The minimum atomic E-state index is 0.751. The van der Waals surface area contributed by atoms with Gasteiger partial charge >= 0.3 is 0 Å². The molecule has 0 fully saturated rings. The summed E-state index contributed by atoms with van der Waals surface area (Å²) in [5.74, 6) is 0.751. The third-order valence-corrected chi connectivity index (χ3v) is 3.27. The van der Waals surface area contributed by atoms with E-state index in [1.165, 1.54) is 18.4 Å². The molecule has 14 heavy (non-hydrogen) atoms. The molecule has 0 saturated carbocycles. The average Bonchev–Trinajstić information content (AvgIpc) is 2.61. The molecule has 76 valence electrons. The number of nitrogens with one attached hydrogen (secondary N) is 1. The summed E-state index contributed by atoms with van der Waals surface area (Å²) in [5.41, 5.74) is 4.65. The first-order valence-electron chi connectivity index (χ1n) is 5.61. The van der Waals surface area contributed by atoms with Gasteiger partial charge in [0.2, 0.25) is 0 Å². The van der Waals surface area contributed by atoms with Crippen LogP contribution in [0.2, 0.25) is 0 Å². The molecule has 0 spiro atoms. The van der Waals surface area contributed by atoms with Crippen LogP contribution in [-0.2, 0) is 12.8 Å². The molecule has 1 N–H and O–H groups in total. The van der Waals surface area contributed by atoms with Crippen molar-refractivity contribution in [3.8, 4) is 0 Å². The molecule has 0 bridgehead atoms. The Morgan fingerprint density at radius 2 is 2.29 bits per heavy atom. The predicted octanol–water partition coefficient (Wildman–Crippen LogP) is 2.50. The summed E-state index contributed by atoms with van der Waals surface area (Å²) in [4.78, 5) is 0. The standard InChI is InChI=1S/C13H19N/c1-3-10-4-7-13-11(8-10)5-6-12(13)9-14-2/h4,7-8,12,14H,3,5-6,9H2,1-2H3. The lowest BCUT2D eigenvalue weighted by molar-refractivity contribution is 0.623. The van der Waals surface area contributed by atoms with Crippen molar-refractivity contribution in [2.24, 2.45) is 0 Å². The second-order valence-corrected chi connectivity index (χ2v) is 4.18. The Morgan fingerprint density at radius 1 is 1.43 bits per heavy atom. The Bertz CT molecular complexity index is 317. The van der Waals surface area contributed by atoms with Gasteiger partial charge in [0, 0.05) is 6.54 Å². The first-order chi connectivity index (χ1) is 6.85. The fourth-order valence-corrected chi connectivity index (χ4v) is 2.44. The molecule has 1 aliphatic carbocycles. The SMILES string of the molecule is CCc1ccc2c(c1)CCC2CNC. The third-order valence-electron chi connectivity index (χ3n) is 3.27. The van der Waals surface area contributed by atoms with Crippen LogP contribution >= 0.6 is 0 Å². The number of hydrogen-bond acceptors (Lipinski definition) is 1. The fourth-order valence-electron chi connectivity index (χ4n) is 2.44. The van der Waals surface area contributed by atoms with Crippen molar-refractivity contribution in [2.75, 3.05) is 13.6 Å². The molecule has 1 atom stereocenters. The topological polar surface area (TPSA) is 12.0 Å². The highest BCUT2D eigenvalue weighted by Crippen LogP contribution is 2.33. The van der Waals surface area contributed by atoms with Crippen LogP contribution in [0.3, 0.4) is 0 Å². The van der Waals surface area contributed by atoms with Crippen LogP contribution in [0.5, 0.6) is 0 Å². The van der Waals surface area contributed by atoms with Gasteiger partial charge in [0.05, 0.1) is 0 Å². The number of aryl methyl sites for hydroxylation is 2. The molecule has 0 saturated heterocycles. The predicted molar refractivity (Wildman–Crippen MR) is 60.8 cm³/mol. The molecule has 0 amide bonds. The highest BCUT2D eigenvalue weighted by atomic mass is 14.8. The molecule has 0 heterocycles. The van der Waals surface area contributed by atoms with Gasteiger partial charge in [-0.25, -0.2) is 0 Å². The maximum absolute atomic E-state index is 3.28. The maximum atomic E-state index is 3.28. The summed E-state index contributed by atoms with van der Waals surface area (Å²) in [6.07, 6.45) is 3.75. The molecule has 0 aromatic heterocycles. The Morgan fingerprint density at radius 3 is 3.00 bits per heavy atom. The number of hydrogen-bond donors (Lipinski definition) is 1. The number of fused-ring (bicyclic) bond motifs is 1. The minimum Gasteiger partial charge on any atom is -0.319 e. The lowest BCUT2D eigenvalue weighted by Gasteiger charge is -2.10. The summed E-state index contributed by atoms with van der Waals surface area (Å²) < 4.78 is 0. The van der Waals surface area contributed by atoms with Gasteiger partial charge in [0.15, 0.2) is 0 Å². The smallest absolute Gasteiger partial charge is 0.00173 e. The van der Waals surface area contributed by atoms with Crippen molar-refractivity contribution in [3.63, 3.8) is 0 Å². The zero-order chi connectivity index (χ0) is 9.97. The first-order valence-corrected chi connectivity index (χ1v) is 5.61. The van der Waals surface area contributed by atoms with E-state index >= 15 is 0 Å². The molecule has 1 aliphatic rings. The van der Waals surface area contributed by atoms with Crippen LogP contribution in [-0.4, -0.2) is 13.6 Å². The summed E-state index contributed by atoms with van der Waals surface area (Å²) in [6, 6.07) is 7.01.